The molecule has 1 unspecified atom stereocenters. The van der Waals surface area contributed by atoms with Gasteiger partial charge in [-0.25, -0.2) is 4.98 Å². The molecule has 96 valence electrons. The molecule has 1 N–H and O–H groups in total. The predicted molar refractivity (Wildman–Crippen MR) is 66.1 cm³/mol. The third-order valence-electron chi connectivity index (χ3n) is 2.36. The van der Waals surface area contributed by atoms with Crippen LogP contribution in [0.15, 0.2) is 15.9 Å². The number of ether oxygens (including phenoxy) is 1. The Kier molecular flexibility index (Phi) is 5.02. The van der Waals surface area contributed by atoms with E-state index in [1.165, 1.54) is 11.8 Å². The lowest BCUT2D eigenvalue weighted by Crippen LogP contribution is -2.50. The zero-order chi connectivity index (χ0) is 12.9. The maximum Gasteiger partial charge on any atom is 0.326 e. The van der Waals surface area contributed by atoms with Crippen LogP contribution in [0.5, 0.6) is 0 Å². The average Bonchev–Trinajstić information content (AvgIpc) is 2.72. The van der Waals surface area contributed by atoms with Gasteiger partial charge in [-0.05, 0) is 27.8 Å². The zero-order valence-electron chi connectivity index (χ0n) is 10.6. The minimum absolute atomic E-state index is 0.265. The highest BCUT2D eigenvalue weighted by Gasteiger charge is 2.33. The number of hydrogen-bond donors (Lipinski definition) is 1. The molecule has 0 fully saturated rings. The molecule has 0 radical (unpaired) electrons. The molecule has 17 heavy (non-hydrogen) atoms. The summed E-state index contributed by atoms with van der Waals surface area (Å²) in [5.41, 5.74) is 0.0954. The number of nitrogens with zero attached hydrogens (tertiary/aromatic N) is 1. The fourth-order valence-corrected chi connectivity index (χ4v) is 2.13. The highest BCUT2D eigenvalue weighted by atomic mass is 32.2. The van der Waals surface area contributed by atoms with Crippen LogP contribution in [0.4, 0.5) is 0 Å². The molecule has 0 bridgehead atoms. The average molecular weight is 258 g/mol. The maximum absolute atomic E-state index is 11.8. The number of rotatable bonds is 6. The van der Waals surface area contributed by atoms with E-state index in [1.54, 1.807) is 27.2 Å². The van der Waals surface area contributed by atoms with E-state index >= 15 is 0 Å². The number of likely N-dealkylation sites (N-methyl/N-ethyl adjacent to an activating group) is 1. The molecule has 0 aliphatic carbocycles. The number of thioether (sulfide) groups is 1. The molecular formula is C11H18N2O3S. The number of aromatic nitrogens is 1. The first-order chi connectivity index (χ1) is 8.01. The van der Waals surface area contributed by atoms with Crippen LogP contribution in [0.1, 0.15) is 19.5 Å². The van der Waals surface area contributed by atoms with Crippen LogP contribution < -0.4 is 5.32 Å². The van der Waals surface area contributed by atoms with Crippen molar-refractivity contribution in [3.8, 4) is 0 Å². The molecule has 0 spiro atoms. The summed E-state index contributed by atoms with van der Waals surface area (Å²) in [6.07, 6.45) is 1.59. The van der Waals surface area contributed by atoms with Crippen LogP contribution in [0.3, 0.4) is 0 Å². The van der Waals surface area contributed by atoms with Gasteiger partial charge in [-0.3, -0.25) is 4.79 Å². The molecule has 5 nitrogen and oxygen atoms in total. The van der Waals surface area contributed by atoms with Crippen LogP contribution in [0.25, 0.3) is 0 Å². The predicted octanol–water partition coefficient (Wildman–Crippen LogP) is 1.62. The van der Waals surface area contributed by atoms with Crippen molar-refractivity contribution in [1.82, 2.24) is 10.3 Å². The number of hydrogen-bond acceptors (Lipinski definition) is 6. The molecule has 0 amide bonds. The van der Waals surface area contributed by atoms with Crippen LogP contribution in [-0.4, -0.2) is 35.9 Å². The van der Waals surface area contributed by atoms with E-state index < -0.39 is 5.54 Å². The second kappa shape index (κ2) is 6.07. The summed E-state index contributed by atoms with van der Waals surface area (Å²) in [5, 5.41) is 3.54. The van der Waals surface area contributed by atoms with Crippen molar-refractivity contribution in [1.29, 1.82) is 0 Å². The Morgan fingerprint density at radius 3 is 2.88 bits per heavy atom. The Morgan fingerprint density at radius 2 is 2.41 bits per heavy atom. The van der Waals surface area contributed by atoms with Gasteiger partial charge in [-0.1, -0.05) is 11.8 Å². The number of oxazole rings is 1. The lowest BCUT2D eigenvalue weighted by molar-refractivity contribution is -0.149. The van der Waals surface area contributed by atoms with Gasteiger partial charge < -0.3 is 14.5 Å². The van der Waals surface area contributed by atoms with Gasteiger partial charge in [0.25, 0.3) is 5.22 Å². The first kappa shape index (κ1) is 14.1. The summed E-state index contributed by atoms with van der Waals surface area (Å²) in [4.78, 5) is 15.9. The molecule has 0 aliphatic heterocycles. The second-order valence-corrected chi connectivity index (χ2v) is 4.77. The molecule has 6 heteroatoms. The van der Waals surface area contributed by atoms with Crippen molar-refractivity contribution >= 4 is 17.7 Å². The molecule has 1 rings (SSSR count). The fourth-order valence-electron chi connectivity index (χ4n) is 1.13. The normalized spacial score (nSPS) is 14.4. The summed E-state index contributed by atoms with van der Waals surface area (Å²) in [5.74, 6) is 0.237. The topological polar surface area (TPSA) is 64.4 Å². The Labute approximate surface area is 105 Å². The molecule has 1 aromatic rings. The van der Waals surface area contributed by atoms with Gasteiger partial charge in [0.2, 0.25) is 0 Å². The molecule has 1 heterocycles. The maximum atomic E-state index is 11.8. The van der Waals surface area contributed by atoms with Crippen molar-refractivity contribution in [2.45, 2.75) is 31.5 Å². The molecule has 0 saturated carbocycles. The van der Waals surface area contributed by atoms with Crippen molar-refractivity contribution in [3.63, 3.8) is 0 Å². The lowest BCUT2D eigenvalue weighted by Gasteiger charge is -2.25. The number of carbonyl (C=O) groups is 1. The number of aryl methyl sites for hydroxylation is 1. The van der Waals surface area contributed by atoms with Gasteiger partial charge in [0.15, 0.2) is 0 Å². The largest absolute Gasteiger partial charge is 0.465 e. The molecule has 1 atom stereocenters. The van der Waals surface area contributed by atoms with Gasteiger partial charge in [0.1, 0.15) is 11.8 Å². The monoisotopic (exact) mass is 258 g/mol. The van der Waals surface area contributed by atoms with Gasteiger partial charge >= 0.3 is 5.97 Å². The quantitative estimate of drug-likeness (QED) is 0.618. The van der Waals surface area contributed by atoms with Crippen LogP contribution >= 0.6 is 11.8 Å². The molecule has 0 aromatic carbocycles. The summed E-state index contributed by atoms with van der Waals surface area (Å²) in [7, 11) is 1.73. The highest BCUT2D eigenvalue weighted by molar-refractivity contribution is 7.99. The highest BCUT2D eigenvalue weighted by Crippen LogP contribution is 2.22. The van der Waals surface area contributed by atoms with Crippen LogP contribution in [0, 0.1) is 6.92 Å². The van der Waals surface area contributed by atoms with Gasteiger partial charge in [-0.15, -0.1) is 0 Å². The fraction of sp³-hybridized carbons (Fsp3) is 0.636. The Bertz CT molecular complexity index is 381. The van der Waals surface area contributed by atoms with E-state index in [0.29, 0.717) is 17.6 Å². The Morgan fingerprint density at radius 1 is 1.71 bits per heavy atom. The van der Waals surface area contributed by atoms with Gasteiger partial charge in [0.05, 0.1) is 12.3 Å². The van der Waals surface area contributed by atoms with Gasteiger partial charge in [0, 0.05) is 5.75 Å². The molecular weight excluding hydrogens is 240 g/mol. The Balaban J connectivity index is 2.59. The van der Waals surface area contributed by atoms with Crippen molar-refractivity contribution < 1.29 is 13.9 Å². The number of carbonyl (C=O) groups excluding carboxylic acids is 1. The first-order valence-corrected chi connectivity index (χ1v) is 6.41. The van der Waals surface area contributed by atoms with E-state index in [0.717, 1.165) is 5.69 Å². The third kappa shape index (κ3) is 3.74. The first-order valence-electron chi connectivity index (χ1n) is 5.43. The number of esters is 1. The summed E-state index contributed by atoms with van der Waals surface area (Å²) in [6.45, 7) is 5.82. The summed E-state index contributed by atoms with van der Waals surface area (Å²) >= 11 is 1.39. The lowest BCUT2D eigenvalue weighted by atomic mass is 10.1. The second-order valence-electron chi connectivity index (χ2n) is 3.85. The Hall–Kier alpha value is -1.01. The van der Waals surface area contributed by atoms with E-state index in [9.17, 15) is 4.79 Å². The van der Waals surface area contributed by atoms with E-state index in [-0.39, 0.29) is 5.97 Å². The van der Waals surface area contributed by atoms with E-state index in [1.807, 2.05) is 6.92 Å². The van der Waals surface area contributed by atoms with Gasteiger partial charge in [-0.2, -0.15) is 0 Å². The van der Waals surface area contributed by atoms with Crippen molar-refractivity contribution in [3.05, 3.63) is 12.0 Å². The van der Waals surface area contributed by atoms with E-state index in [4.69, 9.17) is 9.15 Å². The number of nitrogens with one attached hydrogen (secondary N) is 1. The SMILES string of the molecule is CCOC(=O)C(C)(CSc1nc(C)co1)NC. The zero-order valence-corrected chi connectivity index (χ0v) is 11.4. The smallest absolute Gasteiger partial charge is 0.326 e. The third-order valence-corrected chi connectivity index (χ3v) is 3.52. The molecule has 0 saturated heterocycles. The minimum atomic E-state index is -0.733. The minimum Gasteiger partial charge on any atom is -0.465 e. The standard InChI is InChI=1S/C11H18N2O3S/c1-5-15-9(14)11(3,12-4)7-17-10-13-8(2)6-16-10/h6,12H,5,7H2,1-4H3. The van der Waals surface area contributed by atoms with Crippen molar-refractivity contribution in [2.75, 3.05) is 19.4 Å². The van der Waals surface area contributed by atoms with Crippen LogP contribution in [-0.2, 0) is 9.53 Å². The molecule has 1 aromatic heterocycles. The van der Waals surface area contributed by atoms with Crippen LogP contribution in [0.2, 0.25) is 0 Å². The summed E-state index contributed by atoms with van der Waals surface area (Å²) < 4.78 is 10.2. The van der Waals surface area contributed by atoms with Crippen molar-refractivity contribution in [2.24, 2.45) is 0 Å². The van der Waals surface area contributed by atoms with E-state index in [2.05, 4.69) is 10.3 Å². The molecule has 0 aliphatic rings. The summed E-state index contributed by atoms with van der Waals surface area (Å²) in [6, 6.07) is 0.